The molecule has 1 atom stereocenters. The number of nitrogens with one attached hydrogen (secondary N) is 1. The Hall–Kier alpha value is -0.300. The van der Waals surface area contributed by atoms with Gasteiger partial charge in [0, 0.05) is 12.6 Å². The molecule has 1 heterocycles. The van der Waals surface area contributed by atoms with E-state index in [1.54, 1.807) is 0 Å². The standard InChI is InChI=1S/C8H15N/c1-6(2)4-8-7(3)5-9-8/h6,8-9H,3-5H2,1-2H3. The molecule has 1 heteroatoms. The average molecular weight is 125 g/mol. The lowest BCUT2D eigenvalue weighted by molar-refractivity contribution is 0.406. The average Bonchev–Trinajstić information content (AvgIpc) is 1.79. The third-order valence-electron chi connectivity index (χ3n) is 1.78. The van der Waals surface area contributed by atoms with E-state index < -0.39 is 0 Å². The molecule has 1 saturated heterocycles. The molecule has 0 aromatic heterocycles. The van der Waals surface area contributed by atoms with Crippen LogP contribution in [0.15, 0.2) is 12.2 Å². The van der Waals surface area contributed by atoms with E-state index in [0.29, 0.717) is 6.04 Å². The molecule has 1 fully saturated rings. The highest BCUT2D eigenvalue weighted by molar-refractivity contribution is 5.16. The molecular formula is C8H15N. The van der Waals surface area contributed by atoms with Gasteiger partial charge >= 0.3 is 0 Å². The predicted octanol–water partition coefficient (Wildman–Crippen LogP) is 1.56. The van der Waals surface area contributed by atoms with Crippen molar-refractivity contribution >= 4 is 0 Å². The molecule has 52 valence electrons. The van der Waals surface area contributed by atoms with Crippen LogP contribution < -0.4 is 5.32 Å². The first-order valence-electron chi connectivity index (χ1n) is 3.61. The van der Waals surface area contributed by atoms with E-state index in [1.807, 2.05) is 0 Å². The SMILES string of the molecule is C=C1CNC1CC(C)C. The zero-order valence-corrected chi connectivity index (χ0v) is 6.28. The lowest BCUT2D eigenvalue weighted by atomic mass is 9.92. The highest BCUT2D eigenvalue weighted by Crippen LogP contribution is 2.16. The van der Waals surface area contributed by atoms with Crippen molar-refractivity contribution in [2.24, 2.45) is 5.92 Å². The molecule has 1 N–H and O–H groups in total. The molecule has 9 heavy (non-hydrogen) atoms. The summed E-state index contributed by atoms with van der Waals surface area (Å²) in [6, 6.07) is 0.630. The van der Waals surface area contributed by atoms with Crippen LogP contribution >= 0.6 is 0 Å². The van der Waals surface area contributed by atoms with Crippen LogP contribution in [0.3, 0.4) is 0 Å². The summed E-state index contributed by atoms with van der Waals surface area (Å²) in [4.78, 5) is 0. The molecule has 0 aromatic carbocycles. The van der Waals surface area contributed by atoms with Gasteiger partial charge in [0.15, 0.2) is 0 Å². The van der Waals surface area contributed by atoms with Gasteiger partial charge in [-0.05, 0) is 17.9 Å². The molecule has 0 radical (unpaired) electrons. The van der Waals surface area contributed by atoms with Gasteiger partial charge in [0.2, 0.25) is 0 Å². The van der Waals surface area contributed by atoms with Crippen LogP contribution in [0.2, 0.25) is 0 Å². The first-order chi connectivity index (χ1) is 4.20. The van der Waals surface area contributed by atoms with Gasteiger partial charge in [-0.15, -0.1) is 0 Å². The Bertz CT molecular complexity index is 116. The normalized spacial score (nSPS) is 26.6. The molecule has 0 amide bonds. The predicted molar refractivity (Wildman–Crippen MR) is 40.4 cm³/mol. The lowest BCUT2D eigenvalue weighted by Crippen LogP contribution is -2.45. The maximum absolute atomic E-state index is 3.93. The molecule has 1 aliphatic heterocycles. The Balaban J connectivity index is 2.21. The summed E-state index contributed by atoms with van der Waals surface area (Å²) in [5.74, 6) is 0.791. The largest absolute Gasteiger partial charge is 0.306 e. The third kappa shape index (κ3) is 1.55. The van der Waals surface area contributed by atoms with Crippen molar-refractivity contribution in [3.63, 3.8) is 0 Å². The second kappa shape index (κ2) is 2.53. The molecule has 0 saturated carbocycles. The third-order valence-corrected chi connectivity index (χ3v) is 1.78. The molecular weight excluding hydrogens is 110 g/mol. The molecule has 1 nitrogen and oxygen atoms in total. The lowest BCUT2D eigenvalue weighted by Gasteiger charge is -2.32. The monoisotopic (exact) mass is 125 g/mol. The van der Waals surface area contributed by atoms with Crippen LogP contribution in [0.5, 0.6) is 0 Å². The van der Waals surface area contributed by atoms with E-state index in [-0.39, 0.29) is 0 Å². The smallest absolute Gasteiger partial charge is 0.0294 e. The van der Waals surface area contributed by atoms with E-state index in [0.717, 1.165) is 12.5 Å². The van der Waals surface area contributed by atoms with Gasteiger partial charge in [-0.3, -0.25) is 0 Å². The van der Waals surface area contributed by atoms with E-state index in [4.69, 9.17) is 0 Å². The maximum Gasteiger partial charge on any atom is 0.0294 e. The zero-order valence-electron chi connectivity index (χ0n) is 6.28. The fourth-order valence-electron chi connectivity index (χ4n) is 1.11. The fraction of sp³-hybridized carbons (Fsp3) is 0.750. The Labute approximate surface area is 57.1 Å². The Kier molecular flexibility index (Phi) is 1.91. The molecule has 0 aliphatic carbocycles. The fourth-order valence-corrected chi connectivity index (χ4v) is 1.11. The van der Waals surface area contributed by atoms with Gasteiger partial charge < -0.3 is 5.32 Å². The van der Waals surface area contributed by atoms with Crippen LogP contribution in [-0.4, -0.2) is 12.6 Å². The molecule has 1 rings (SSSR count). The van der Waals surface area contributed by atoms with Crippen molar-refractivity contribution in [1.29, 1.82) is 0 Å². The minimum Gasteiger partial charge on any atom is -0.306 e. The first-order valence-corrected chi connectivity index (χ1v) is 3.61. The van der Waals surface area contributed by atoms with Crippen molar-refractivity contribution in [3.05, 3.63) is 12.2 Å². The Morgan fingerprint density at radius 1 is 1.78 bits per heavy atom. The summed E-state index contributed by atoms with van der Waals surface area (Å²) in [5, 5.41) is 3.33. The Morgan fingerprint density at radius 3 is 2.56 bits per heavy atom. The molecule has 1 aliphatic rings. The van der Waals surface area contributed by atoms with Crippen LogP contribution in [0.25, 0.3) is 0 Å². The Morgan fingerprint density at radius 2 is 2.44 bits per heavy atom. The van der Waals surface area contributed by atoms with Gasteiger partial charge in [0.25, 0.3) is 0 Å². The second-order valence-corrected chi connectivity index (χ2v) is 3.22. The second-order valence-electron chi connectivity index (χ2n) is 3.22. The number of hydrogen-bond acceptors (Lipinski definition) is 1. The summed E-state index contributed by atoms with van der Waals surface area (Å²) in [5.41, 5.74) is 1.38. The molecule has 0 spiro atoms. The minimum atomic E-state index is 0.630. The van der Waals surface area contributed by atoms with Crippen LogP contribution in [0, 0.1) is 5.92 Å². The van der Waals surface area contributed by atoms with E-state index in [9.17, 15) is 0 Å². The summed E-state index contributed by atoms with van der Waals surface area (Å²) in [6.45, 7) is 9.46. The highest BCUT2D eigenvalue weighted by atomic mass is 15.0. The summed E-state index contributed by atoms with van der Waals surface area (Å²) < 4.78 is 0. The van der Waals surface area contributed by atoms with Crippen LogP contribution in [-0.2, 0) is 0 Å². The van der Waals surface area contributed by atoms with E-state index in [1.165, 1.54) is 12.0 Å². The van der Waals surface area contributed by atoms with Gasteiger partial charge in [-0.1, -0.05) is 20.4 Å². The summed E-state index contributed by atoms with van der Waals surface area (Å²) in [7, 11) is 0. The molecule has 0 bridgehead atoms. The van der Waals surface area contributed by atoms with Gasteiger partial charge in [0.1, 0.15) is 0 Å². The van der Waals surface area contributed by atoms with Crippen molar-refractivity contribution in [1.82, 2.24) is 5.32 Å². The van der Waals surface area contributed by atoms with Crippen molar-refractivity contribution < 1.29 is 0 Å². The van der Waals surface area contributed by atoms with Gasteiger partial charge in [-0.2, -0.15) is 0 Å². The number of rotatable bonds is 2. The zero-order chi connectivity index (χ0) is 6.85. The van der Waals surface area contributed by atoms with Crippen molar-refractivity contribution in [2.45, 2.75) is 26.3 Å². The first kappa shape index (κ1) is 6.81. The topological polar surface area (TPSA) is 12.0 Å². The highest BCUT2D eigenvalue weighted by Gasteiger charge is 2.21. The molecule has 0 aromatic rings. The quantitative estimate of drug-likeness (QED) is 0.552. The molecule has 1 unspecified atom stereocenters. The van der Waals surface area contributed by atoms with Gasteiger partial charge in [0.05, 0.1) is 0 Å². The summed E-state index contributed by atoms with van der Waals surface area (Å²) in [6.07, 6.45) is 1.25. The van der Waals surface area contributed by atoms with Crippen molar-refractivity contribution in [2.75, 3.05) is 6.54 Å². The number of hydrogen-bond donors (Lipinski definition) is 1. The van der Waals surface area contributed by atoms with E-state index >= 15 is 0 Å². The van der Waals surface area contributed by atoms with Crippen LogP contribution in [0.4, 0.5) is 0 Å². The summed E-state index contributed by atoms with van der Waals surface area (Å²) >= 11 is 0. The van der Waals surface area contributed by atoms with Crippen LogP contribution in [0.1, 0.15) is 20.3 Å². The van der Waals surface area contributed by atoms with Crippen molar-refractivity contribution in [3.8, 4) is 0 Å². The van der Waals surface area contributed by atoms with Gasteiger partial charge in [-0.25, -0.2) is 0 Å². The van der Waals surface area contributed by atoms with E-state index in [2.05, 4.69) is 25.7 Å². The minimum absolute atomic E-state index is 0.630. The maximum atomic E-state index is 3.93.